The van der Waals surface area contributed by atoms with Crippen molar-refractivity contribution in [3.63, 3.8) is 0 Å². The molecule has 1 aliphatic heterocycles. The number of hydrogen-bond acceptors (Lipinski definition) is 5. The van der Waals surface area contributed by atoms with Crippen LogP contribution < -0.4 is 15.0 Å². The van der Waals surface area contributed by atoms with E-state index in [-0.39, 0.29) is 23.1 Å². The molecular weight excluding hydrogens is 458 g/mol. The Balaban J connectivity index is 1.62. The Kier molecular flexibility index (Phi) is 8.29. The molecule has 1 fully saturated rings. The maximum absolute atomic E-state index is 13.5. The third-order valence-electron chi connectivity index (χ3n) is 6.23. The molecule has 7 heteroatoms. The lowest BCUT2D eigenvalue weighted by Crippen LogP contribution is -2.40. The van der Waals surface area contributed by atoms with Gasteiger partial charge in [0.15, 0.2) is 5.17 Å². The Morgan fingerprint density at radius 3 is 2.46 bits per heavy atom. The van der Waals surface area contributed by atoms with Gasteiger partial charge in [-0.2, -0.15) is 0 Å². The van der Waals surface area contributed by atoms with E-state index in [1.54, 1.807) is 11.0 Å². The second kappa shape index (κ2) is 11.6. The summed E-state index contributed by atoms with van der Waals surface area (Å²) in [5, 5.41) is 3.39. The van der Waals surface area contributed by atoms with Gasteiger partial charge in [0, 0.05) is 6.04 Å². The topological polar surface area (TPSA) is 71.0 Å². The maximum Gasteiger partial charge on any atom is 0.283 e. The van der Waals surface area contributed by atoms with Crippen molar-refractivity contribution in [2.75, 3.05) is 11.5 Å². The van der Waals surface area contributed by atoms with E-state index in [1.165, 1.54) is 11.8 Å². The van der Waals surface area contributed by atoms with Gasteiger partial charge in [0.1, 0.15) is 11.4 Å². The molecule has 1 atom stereocenters. The van der Waals surface area contributed by atoms with E-state index in [9.17, 15) is 9.59 Å². The number of nitrogens with one attached hydrogen (secondary N) is 1. The number of benzene rings is 2. The fourth-order valence-electron chi connectivity index (χ4n) is 4.30. The quantitative estimate of drug-likeness (QED) is 0.480. The van der Waals surface area contributed by atoms with E-state index < -0.39 is 0 Å². The van der Waals surface area contributed by atoms with Crippen LogP contribution in [0.15, 0.2) is 59.2 Å². The van der Waals surface area contributed by atoms with Gasteiger partial charge in [-0.1, -0.05) is 61.4 Å². The van der Waals surface area contributed by atoms with Crippen molar-refractivity contribution in [2.45, 2.75) is 64.2 Å². The molecule has 2 aromatic rings. The molecule has 1 N–H and O–H groups in total. The van der Waals surface area contributed by atoms with Gasteiger partial charge in [-0.05, 0) is 69.0 Å². The Hall–Kier alpha value is -3.06. The number of carbonyl (C=O) groups is 2. The molecule has 6 nitrogen and oxygen atoms in total. The number of hydrogen-bond donors (Lipinski definition) is 1. The number of thioether (sulfide) groups is 1. The third-order valence-corrected chi connectivity index (χ3v) is 7.55. The van der Waals surface area contributed by atoms with Crippen LogP contribution >= 0.6 is 11.8 Å². The summed E-state index contributed by atoms with van der Waals surface area (Å²) >= 11 is 1.35. The molecule has 0 saturated heterocycles. The smallest absolute Gasteiger partial charge is 0.283 e. The minimum atomic E-state index is -0.328. The molecule has 1 aliphatic carbocycles. The molecule has 2 aromatic carbocycles. The van der Waals surface area contributed by atoms with Gasteiger partial charge < -0.3 is 10.1 Å². The van der Waals surface area contributed by atoms with Crippen LogP contribution in [0.5, 0.6) is 5.75 Å². The fraction of sp³-hybridized carbons (Fsp3) is 0.393. The van der Waals surface area contributed by atoms with Gasteiger partial charge in [-0.15, -0.1) is 0 Å². The third kappa shape index (κ3) is 6.14. The highest BCUT2D eigenvalue weighted by Crippen LogP contribution is 2.33. The number of rotatable bonds is 8. The van der Waals surface area contributed by atoms with E-state index >= 15 is 0 Å². The second-order valence-electron chi connectivity index (χ2n) is 8.91. The summed E-state index contributed by atoms with van der Waals surface area (Å²) < 4.78 is 5.56. The molecule has 2 aliphatic rings. The lowest BCUT2D eigenvalue weighted by atomic mass is 10.1. The minimum absolute atomic E-state index is 0.0159. The van der Waals surface area contributed by atoms with Gasteiger partial charge in [-0.3, -0.25) is 14.5 Å². The highest BCUT2D eigenvalue weighted by molar-refractivity contribution is 8.15. The number of amidine groups is 1. The number of aliphatic imine (C=N–C) groups is 1. The van der Waals surface area contributed by atoms with Crippen LogP contribution in [0, 0.1) is 6.92 Å². The lowest BCUT2D eigenvalue weighted by molar-refractivity contribution is -0.121. The van der Waals surface area contributed by atoms with Crippen LogP contribution in [0.2, 0.25) is 0 Å². The number of anilines is 1. The molecule has 0 aromatic heterocycles. The SMILES string of the molecule is CCOc1ccc(N2C(=O)/C(=C/c3ccc(C)cc3)N=C2S[C@H](CC)C(=O)NC2CCCC2)cc1. The minimum Gasteiger partial charge on any atom is -0.494 e. The predicted molar refractivity (Wildman–Crippen MR) is 144 cm³/mol. The van der Waals surface area contributed by atoms with Crippen molar-refractivity contribution in [1.29, 1.82) is 0 Å². The summed E-state index contributed by atoms with van der Waals surface area (Å²) in [5.74, 6) is 0.553. The van der Waals surface area contributed by atoms with Crippen LogP contribution in [-0.2, 0) is 9.59 Å². The second-order valence-corrected chi connectivity index (χ2v) is 10.1. The first-order valence-corrected chi connectivity index (χ1v) is 13.3. The van der Waals surface area contributed by atoms with Crippen LogP contribution in [0.25, 0.3) is 6.08 Å². The monoisotopic (exact) mass is 491 g/mol. The molecule has 1 saturated carbocycles. The summed E-state index contributed by atoms with van der Waals surface area (Å²) in [6.45, 7) is 6.53. The van der Waals surface area contributed by atoms with Crippen LogP contribution in [-0.4, -0.2) is 34.9 Å². The van der Waals surface area contributed by atoms with E-state index in [4.69, 9.17) is 9.73 Å². The zero-order valence-electron chi connectivity index (χ0n) is 20.6. The first-order valence-electron chi connectivity index (χ1n) is 12.4. The predicted octanol–water partition coefficient (Wildman–Crippen LogP) is 5.71. The van der Waals surface area contributed by atoms with Crippen molar-refractivity contribution >= 4 is 40.5 Å². The number of nitrogens with zero attached hydrogens (tertiary/aromatic N) is 2. The van der Waals surface area contributed by atoms with Crippen molar-refractivity contribution < 1.29 is 14.3 Å². The summed E-state index contributed by atoms with van der Waals surface area (Å²) in [6, 6.07) is 15.6. The van der Waals surface area contributed by atoms with Crippen molar-refractivity contribution in [3.8, 4) is 5.75 Å². The molecule has 1 heterocycles. The largest absolute Gasteiger partial charge is 0.494 e. The number of ether oxygens (including phenoxy) is 1. The molecule has 2 amide bonds. The highest BCUT2D eigenvalue weighted by Gasteiger charge is 2.35. The number of carbonyl (C=O) groups excluding carboxylic acids is 2. The van der Waals surface area contributed by atoms with E-state index in [2.05, 4.69) is 5.32 Å². The van der Waals surface area contributed by atoms with Crippen molar-refractivity contribution in [3.05, 3.63) is 65.4 Å². The van der Waals surface area contributed by atoms with E-state index in [0.29, 0.717) is 29.6 Å². The molecule has 0 spiro atoms. The summed E-state index contributed by atoms with van der Waals surface area (Å²) in [6.07, 6.45) is 6.84. The van der Waals surface area contributed by atoms with Gasteiger partial charge in [0.2, 0.25) is 5.91 Å². The molecular formula is C28H33N3O3S. The Bertz CT molecular complexity index is 1100. The molecule has 184 valence electrons. The zero-order chi connectivity index (χ0) is 24.8. The van der Waals surface area contributed by atoms with Gasteiger partial charge in [0.25, 0.3) is 5.91 Å². The van der Waals surface area contributed by atoms with Crippen LogP contribution in [0.1, 0.15) is 57.1 Å². The fourth-order valence-corrected chi connectivity index (χ4v) is 5.34. The molecule has 0 radical (unpaired) electrons. The number of amides is 2. The molecule has 35 heavy (non-hydrogen) atoms. The van der Waals surface area contributed by atoms with Crippen LogP contribution in [0.3, 0.4) is 0 Å². The average Bonchev–Trinajstić information content (AvgIpc) is 3.47. The van der Waals surface area contributed by atoms with Crippen molar-refractivity contribution in [2.24, 2.45) is 4.99 Å². The molecule has 0 bridgehead atoms. The van der Waals surface area contributed by atoms with Gasteiger partial charge >= 0.3 is 0 Å². The molecule has 0 unspecified atom stereocenters. The Labute approximate surface area is 211 Å². The normalized spacial score (nSPS) is 18.1. The van der Waals surface area contributed by atoms with Crippen LogP contribution in [0.4, 0.5) is 5.69 Å². The van der Waals surface area contributed by atoms with Gasteiger partial charge in [-0.25, -0.2) is 4.99 Å². The average molecular weight is 492 g/mol. The summed E-state index contributed by atoms with van der Waals surface area (Å²) in [4.78, 5) is 32.9. The number of aryl methyl sites for hydroxylation is 1. The van der Waals surface area contributed by atoms with E-state index in [0.717, 1.165) is 42.6 Å². The van der Waals surface area contributed by atoms with Crippen molar-refractivity contribution in [1.82, 2.24) is 5.32 Å². The highest BCUT2D eigenvalue weighted by atomic mass is 32.2. The standard InChI is InChI=1S/C28H33N3O3S/c1-4-25(26(32)29-21-8-6-7-9-21)35-28-30-24(18-20-12-10-19(3)11-13-20)27(33)31(28)22-14-16-23(17-15-22)34-5-2/h10-18,21,25H,4-9H2,1-3H3,(H,29,32)/b24-18-/t25-/m1/s1. The summed E-state index contributed by atoms with van der Waals surface area (Å²) in [7, 11) is 0. The van der Waals surface area contributed by atoms with E-state index in [1.807, 2.05) is 69.3 Å². The lowest BCUT2D eigenvalue weighted by Gasteiger charge is -2.22. The Morgan fingerprint density at radius 2 is 1.83 bits per heavy atom. The van der Waals surface area contributed by atoms with Gasteiger partial charge in [0.05, 0.1) is 17.5 Å². The summed E-state index contributed by atoms with van der Waals surface area (Å²) in [5.41, 5.74) is 3.12. The first kappa shape index (κ1) is 25.0. The Morgan fingerprint density at radius 1 is 1.14 bits per heavy atom. The zero-order valence-corrected chi connectivity index (χ0v) is 21.4. The first-order chi connectivity index (χ1) is 17.0. The maximum atomic E-state index is 13.5. The molecule has 4 rings (SSSR count).